The fourth-order valence-corrected chi connectivity index (χ4v) is 3.49. The molecule has 2 aromatic heterocycles. The molecule has 0 spiro atoms. The largest absolute Gasteiger partial charge is 0.382 e. The van der Waals surface area contributed by atoms with Gasteiger partial charge in [-0.2, -0.15) is 0 Å². The first kappa shape index (κ1) is 19.5. The van der Waals surface area contributed by atoms with E-state index in [0.29, 0.717) is 11.4 Å². The zero-order valence-electron chi connectivity index (χ0n) is 16.2. The van der Waals surface area contributed by atoms with Crippen molar-refractivity contribution in [1.82, 2.24) is 14.1 Å². The number of aromatic nitrogens is 3. The third-order valence-electron chi connectivity index (χ3n) is 5.00. The second kappa shape index (κ2) is 6.90. The first-order chi connectivity index (χ1) is 14.2. The van der Waals surface area contributed by atoms with Crippen molar-refractivity contribution in [2.75, 3.05) is 5.32 Å². The number of carbonyl (C=O) groups is 1. The van der Waals surface area contributed by atoms with E-state index in [1.54, 1.807) is 20.2 Å². The van der Waals surface area contributed by atoms with E-state index in [-0.39, 0.29) is 29.3 Å². The zero-order valence-corrected chi connectivity index (χ0v) is 16.2. The number of benzene rings is 1. The molecule has 0 bridgehead atoms. The zero-order chi connectivity index (χ0) is 21.6. The number of pyridine rings is 1. The summed E-state index contributed by atoms with van der Waals surface area (Å²) >= 11 is 0. The van der Waals surface area contributed by atoms with Gasteiger partial charge in [0.05, 0.1) is 12.7 Å². The minimum Gasteiger partial charge on any atom is -0.382 e. The van der Waals surface area contributed by atoms with Crippen LogP contribution in [-0.2, 0) is 19.1 Å². The van der Waals surface area contributed by atoms with Gasteiger partial charge < -0.3 is 15.6 Å². The third kappa shape index (κ3) is 3.25. The lowest BCUT2D eigenvalue weighted by Gasteiger charge is -2.31. The SMILES string of the molecule is Cn1cc2n(c1=O)C[C@@](C)(c1cc(NC(=O)c3ccc(F)cn3)ccc1F)N=C2N. The fourth-order valence-electron chi connectivity index (χ4n) is 3.49. The van der Waals surface area contributed by atoms with Gasteiger partial charge in [0.1, 0.15) is 34.4 Å². The number of amidine groups is 1. The van der Waals surface area contributed by atoms with E-state index in [9.17, 15) is 18.4 Å². The molecule has 154 valence electrons. The molecule has 30 heavy (non-hydrogen) atoms. The van der Waals surface area contributed by atoms with E-state index in [2.05, 4.69) is 15.3 Å². The number of halogens is 2. The lowest BCUT2D eigenvalue weighted by Crippen LogP contribution is -2.41. The molecule has 1 aliphatic rings. The van der Waals surface area contributed by atoms with E-state index in [1.807, 2.05) is 0 Å². The monoisotopic (exact) mass is 412 g/mol. The van der Waals surface area contributed by atoms with Crippen LogP contribution >= 0.6 is 0 Å². The van der Waals surface area contributed by atoms with Crippen LogP contribution in [0.2, 0.25) is 0 Å². The Bertz CT molecular complexity index is 1250. The topological polar surface area (TPSA) is 107 Å². The van der Waals surface area contributed by atoms with E-state index in [4.69, 9.17) is 5.73 Å². The summed E-state index contributed by atoms with van der Waals surface area (Å²) in [6, 6.07) is 6.38. The third-order valence-corrected chi connectivity index (χ3v) is 5.00. The van der Waals surface area contributed by atoms with Gasteiger partial charge in [0.2, 0.25) is 0 Å². The normalized spacial score (nSPS) is 17.9. The highest BCUT2D eigenvalue weighted by Gasteiger charge is 2.36. The summed E-state index contributed by atoms with van der Waals surface area (Å²) in [6.45, 7) is 1.74. The number of aliphatic imine (C=N–C) groups is 1. The summed E-state index contributed by atoms with van der Waals surface area (Å²) in [6.07, 6.45) is 2.50. The lowest BCUT2D eigenvalue weighted by molar-refractivity contribution is 0.102. The van der Waals surface area contributed by atoms with Crippen LogP contribution in [0.25, 0.3) is 0 Å². The van der Waals surface area contributed by atoms with Gasteiger partial charge in [-0.3, -0.25) is 14.4 Å². The smallest absolute Gasteiger partial charge is 0.328 e. The van der Waals surface area contributed by atoms with Crippen molar-refractivity contribution < 1.29 is 13.6 Å². The molecule has 3 aromatic rings. The highest BCUT2D eigenvalue weighted by Crippen LogP contribution is 2.34. The highest BCUT2D eigenvalue weighted by molar-refractivity contribution is 6.02. The number of hydrogen-bond acceptors (Lipinski definition) is 5. The van der Waals surface area contributed by atoms with Crippen LogP contribution in [0.15, 0.2) is 52.5 Å². The molecule has 3 heterocycles. The maximum absolute atomic E-state index is 14.7. The minimum absolute atomic E-state index is 0.00824. The predicted molar refractivity (Wildman–Crippen MR) is 106 cm³/mol. The summed E-state index contributed by atoms with van der Waals surface area (Å²) in [5, 5.41) is 2.60. The molecule has 1 aliphatic heterocycles. The second-order valence-electron chi connectivity index (χ2n) is 7.28. The number of hydrogen-bond donors (Lipinski definition) is 2. The van der Waals surface area contributed by atoms with Gasteiger partial charge in [-0.25, -0.2) is 18.6 Å². The maximum atomic E-state index is 14.7. The summed E-state index contributed by atoms with van der Waals surface area (Å²) in [5.74, 6) is -1.58. The Hall–Kier alpha value is -3.82. The minimum atomic E-state index is -1.17. The Morgan fingerprint density at radius 2 is 2.03 bits per heavy atom. The molecule has 1 aromatic carbocycles. The first-order valence-corrected chi connectivity index (χ1v) is 9.03. The first-order valence-electron chi connectivity index (χ1n) is 9.03. The molecule has 0 unspecified atom stereocenters. The van der Waals surface area contributed by atoms with Gasteiger partial charge >= 0.3 is 5.69 Å². The number of nitrogens with two attached hydrogens (primary N) is 1. The average Bonchev–Trinajstić information content (AvgIpc) is 2.98. The van der Waals surface area contributed by atoms with Crippen molar-refractivity contribution in [2.45, 2.75) is 19.0 Å². The van der Waals surface area contributed by atoms with Crippen molar-refractivity contribution >= 4 is 17.4 Å². The number of rotatable bonds is 3. The molecule has 1 atom stereocenters. The lowest BCUT2D eigenvalue weighted by atomic mass is 9.90. The molecule has 3 N–H and O–H groups in total. The number of nitrogens with zero attached hydrogens (tertiary/aromatic N) is 4. The van der Waals surface area contributed by atoms with E-state index < -0.39 is 23.1 Å². The molecule has 8 nitrogen and oxygen atoms in total. The molecule has 0 saturated carbocycles. The van der Waals surface area contributed by atoms with Crippen LogP contribution in [-0.4, -0.2) is 25.9 Å². The van der Waals surface area contributed by atoms with Gasteiger partial charge in [0.15, 0.2) is 0 Å². The number of carbonyl (C=O) groups excluding carboxylic acids is 1. The van der Waals surface area contributed by atoms with Crippen LogP contribution in [0.5, 0.6) is 0 Å². The second-order valence-corrected chi connectivity index (χ2v) is 7.28. The molecule has 1 amide bonds. The predicted octanol–water partition coefficient (Wildman–Crippen LogP) is 1.75. The Labute approximate surface area is 169 Å². The van der Waals surface area contributed by atoms with Crippen LogP contribution in [0, 0.1) is 11.6 Å². The van der Waals surface area contributed by atoms with Crippen molar-refractivity contribution in [3.05, 3.63) is 81.8 Å². The van der Waals surface area contributed by atoms with Crippen LogP contribution in [0.1, 0.15) is 28.7 Å². The van der Waals surface area contributed by atoms with Crippen LogP contribution < -0.4 is 16.7 Å². The Morgan fingerprint density at radius 1 is 1.27 bits per heavy atom. The van der Waals surface area contributed by atoms with Gasteiger partial charge in [-0.1, -0.05) is 0 Å². The van der Waals surface area contributed by atoms with Gasteiger partial charge in [-0.15, -0.1) is 0 Å². The maximum Gasteiger partial charge on any atom is 0.328 e. The van der Waals surface area contributed by atoms with Crippen LogP contribution in [0.3, 0.4) is 0 Å². The number of amides is 1. The number of fused-ring (bicyclic) bond motifs is 1. The van der Waals surface area contributed by atoms with Gasteiger partial charge in [0, 0.05) is 24.5 Å². The molecular formula is C20H18F2N6O2. The molecule has 0 aliphatic carbocycles. The standard InChI is InChI=1S/C20H18F2N6O2/c1-20(10-28-16(17(23)26-20)9-27(2)19(28)30)13-7-12(4-5-14(13)22)25-18(29)15-6-3-11(21)8-24-15/h3-9H,10H2,1-2H3,(H2,23,26)(H,25,29)/t20-/m0/s1. The summed E-state index contributed by atoms with van der Waals surface area (Å²) < 4.78 is 30.6. The van der Waals surface area contributed by atoms with Crippen molar-refractivity contribution in [2.24, 2.45) is 17.8 Å². The summed E-state index contributed by atoms with van der Waals surface area (Å²) in [5.41, 5.74) is 5.52. The number of aryl methyl sites for hydroxylation is 1. The number of imidazole rings is 1. The van der Waals surface area contributed by atoms with E-state index >= 15 is 0 Å². The fraction of sp³-hybridized carbons (Fsp3) is 0.200. The average molecular weight is 412 g/mol. The van der Waals surface area contributed by atoms with Crippen molar-refractivity contribution in [3.8, 4) is 0 Å². The highest BCUT2D eigenvalue weighted by atomic mass is 19.1. The quantitative estimate of drug-likeness (QED) is 0.683. The Kier molecular flexibility index (Phi) is 4.49. The summed E-state index contributed by atoms with van der Waals surface area (Å²) in [7, 11) is 1.60. The van der Waals surface area contributed by atoms with Gasteiger partial charge in [0.25, 0.3) is 5.91 Å². The summed E-state index contributed by atoms with van der Waals surface area (Å²) in [4.78, 5) is 32.9. The van der Waals surface area contributed by atoms with E-state index in [0.717, 1.165) is 12.3 Å². The van der Waals surface area contributed by atoms with Gasteiger partial charge in [-0.05, 0) is 37.3 Å². The van der Waals surface area contributed by atoms with Crippen LogP contribution in [0.4, 0.5) is 14.5 Å². The van der Waals surface area contributed by atoms with Crippen molar-refractivity contribution in [1.29, 1.82) is 0 Å². The van der Waals surface area contributed by atoms with E-state index in [1.165, 1.54) is 33.4 Å². The molecule has 4 rings (SSSR count). The molecule has 0 radical (unpaired) electrons. The molecule has 0 saturated heterocycles. The number of anilines is 1. The number of nitrogens with one attached hydrogen (secondary N) is 1. The molecular weight excluding hydrogens is 394 g/mol. The molecule has 10 heteroatoms. The Balaban J connectivity index is 1.69. The Morgan fingerprint density at radius 3 is 2.73 bits per heavy atom. The van der Waals surface area contributed by atoms with Crippen molar-refractivity contribution in [3.63, 3.8) is 0 Å². The molecule has 0 fully saturated rings.